The smallest absolute Gasteiger partial charge is 0.266 e. The van der Waals surface area contributed by atoms with Crippen molar-refractivity contribution in [1.29, 1.82) is 0 Å². The molecular weight excluding hydrogens is 329 g/mol. The molecule has 2 aromatic rings. The van der Waals surface area contributed by atoms with Crippen LogP contribution in [0.3, 0.4) is 0 Å². The van der Waals surface area contributed by atoms with Gasteiger partial charge in [-0.2, -0.15) is 0 Å². The van der Waals surface area contributed by atoms with E-state index in [4.69, 9.17) is 5.73 Å². The van der Waals surface area contributed by atoms with Crippen LogP contribution in [0.25, 0.3) is 11.3 Å². The Balaban J connectivity index is 1.72. The molecule has 7 heteroatoms. The molecular formula is C17H16FN3O2S. The molecule has 1 aromatic heterocycles. The predicted molar refractivity (Wildman–Crippen MR) is 87.9 cm³/mol. The first kappa shape index (κ1) is 15.3. The van der Waals surface area contributed by atoms with Crippen LogP contribution in [0, 0.1) is 24.6 Å². The Hall–Kier alpha value is -2.28. The molecule has 2 amide bonds. The fourth-order valence-corrected chi connectivity index (χ4v) is 4.47. The number of benzene rings is 1. The van der Waals surface area contributed by atoms with Gasteiger partial charge in [-0.05, 0) is 37.3 Å². The third-order valence-electron chi connectivity index (χ3n) is 4.73. The highest BCUT2D eigenvalue weighted by Crippen LogP contribution is 2.50. The Morgan fingerprint density at radius 1 is 1.42 bits per heavy atom. The molecule has 1 aliphatic carbocycles. The number of carbonyl (C=O) groups excluding carboxylic acids is 2. The first-order chi connectivity index (χ1) is 11.5. The lowest BCUT2D eigenvalue weighted by Gasteiger charge is -2.24. The summed E-state index contributed by atoms with van der Waals surface area (Å²) < 4.78 is 13.5. The number of thiazole rings is 1. The fraction of sp³-hybridized carbons (Fsp3) is 0.353. The summed E-state index contributed by atoms with van der Waals surface area (Å²) in [4.78, 5) is 31.2. The zero-order chi connectivity index (χ0) is 17.0. The van der Waals surface area contributed by atoms with Crippen LogP contribution in [-0.2, 0) is 4.79 Å². The quantitative estimate of drug-likeness (QED) is 0.926. The molecule has 0 spiro atoms. The maximum absolute atomic E-state index is 13.5. The van der Waals surface area contributed by atoms with Gasteiger partial charge in [0.05, 0.1) is 10.7 Å². The Labute approximate surface area is 142 Å². The van der Waals surface area contributed by atoms with Crippen LogP contribution < -0.4 is 5.73 Å². The number of hydrogen-bond acceptors (Lipinski definition) is 4. The molecule has 5 nitrogen and oxygen atoms in total. The number of halogens is 1. The lowest BCUT2D eigenvalue weighted by atomic mass is 10.1. The number of rotatable bonds is 3. The van der Waals surface area contributed by atoms with Crippen LogP contribution in [0.4, 0.5) is 4.39 Å². The molecule has 2 N–H and O–H groups in total. The highest BCUT2D eigenvalue weighted by molar-refractivity contribution is 7.14. The largest absolute Gasteiger partial charge is 0.368 e. The summed E-state index contributed by atoms with van der Waals surface area (Å²) in [5.41, 5.74) is 6.52. The Morgan fingerprint density at radius 3 is 2.92 bits per heavy atom. The molecule has 24 heavy (non-hydrogen) atoms. The minimum absolute atomic E-state index is 0.193. The van der Waals surface area contributed by atoms with Crippen LogP contribution in [0.1, 0.15) is 21.1 Å². The van der Waals surface area contributed by atoms with Gasteiger partial charge in [0.15, 0.2) is 0 Å². The predicted octanol–water partition coefficient (Wildman–Crippen LogP) is 2.20. The van der Waals surface area contributed by atoms with Gasteiger partial charge in [-0.25, -0.2) is 9.37 Å². The monoisotopic (exact) mass is 345 g/mol. The van der Waals surface area contributed by atoms with Gasteiger partial charge in [0.1, 0.15) is 16.7 Å². The minimum atomic E-state index is -0.537. The van der Waals surface area contributed by atoms with E-state index in [0.717, 1.165) is 11.4 Å². The maximum atomic E-state index is 13.5. The van der Waals surface area contributed by atoms with Crippen molar-refractivity contribution in [2.24, 2.45) is 17.6 Å². The van der Waals surface area contributed by atoms with E-state index in [1.165, 1.54) is 23.5 Å². The molecule has 1 aromatic carbocycles. The lowest BCUT2D eigenvalue weighted by molar-refractivity contribution is -0.122. The van der Waals surface area contributed by atoms with Crippen molar-refractivity contribution < 1.29 is 14.0 Å². The molecule has 3 atom stereocenters. The average molecular weight is 345 g/mol. The molecule has 1 aliphatic heterocycles. The number of fused-ring (bicyclic) bond motifs is 1. The molecule has 124 valence electrons. The number of primary amides is 1. The van der Waals surface area contributed by atoms with Gasteiger partial charge in [0, 0.05) is 12.1 Å². The Kier molecular flexibility index (Phi) is 3.42. The second kappa shape index (κ2) is 5.37. The molecule has 0 radical (unpaired) electrons. The van der Waals surface area contributed by atoms with Gasteiger partial charge in [-0.1, -0.05) is 12.1 Å². The van der Waals surface area contributed by atoms with E-state index >= 15 is 0 Å². The van der Waals surface area contributed by atoms with E-state index < -0.39 is 11.9 Å². The number of piperidine rings is 1. The third kappa shape index (κ3) is 2.39. The van der Waals surface area contributed by atoms with Crippen LogP contribution >= 0.6 is 11.3 Å². The first-order valence-electron chi connectivity index (χ1n) is 7.79. The number of amides is 2. The van der Waals surface area contributed by atoms with Crippen molar-refractivity contribution in [3.05, 3.63) is 40.0 Å². The molecule has 1 saturated carbocycles. The van der Waals surface area contributed by atoms with Gasteiger partial charge < -0.3 is 10.6 Å². The molecule has 1 saturated heterocycles. The molecule has 2 aliphatic rings. The zero-order valence-corrected chi connectivity index (χ0v) is 13.8. The van der Waals surface area contributed by atoms with Crippen molar-refractivity contribution in [3.63, 3.8) is 0 Å². The number of aromatic nitrogens is 1. The van der Waals surface area contributed by atoms with Crippen molar-refractivity contribution >= 4 is 23.2 Å². The van der Waals surface area contributed by atoms with Crippen molar-refractivity contribution in [2.75, 3.05) is 6.54 Å². The van der Waals surface area contributed by atoms with E-state index in [0.29, 0.717) is 28.6 Å². The summed E-state index contributed by atoms with van der Waals surface area (Å²) in [5, 5.41) is 0.720. The molecule has 2 fully saturated rings. The van der Waals surface area contributed by atoms with Gasteiger partial charge in [0.25, 0.3) is 5.91 Å². The summed E-state index contributed by atoms with van der Waals surface area (Å²) in [5.74, 6) is -0.511. The molecule has 2 heterocycles. The minimum Gasteiger partial charge on any atom is -0.368 e. The van der Waals surface area contributed by atoms with E-state index in [-0.39, 0.29) is 17.6 Å². The Morgan fingerprint density at radius 2 is 2.21 bits per heavy atom. The van der Waals surface area contributed by atoms with Gasteiger partial charge in [-0.15, -0.1) is 11.3 Å². The highest BCUT2D eigenvalue weighted by Gasteiger charge is 2.56. The number of nitrogens with two attached hydrogens (primary N) is 1. The number of nitrogens with zero attached hydrogens (tertiary/aromatic N) is 2. The fourth-order valence-electron chi connectivity index (χ4n) is 3.57. The molecule has 0 unspecified atom stereocenters. The van der Waals surface area contributed by atoms with E-state index in [1.54, 1.807) is 24.0 Å². The van der Waals surface area contributed by atoms with Crippen LogP contribution in [-0.4, -0.2) is 34.3 Å². The number of carbonyl (C=O) groups is 2. The molecule has 4 rings (SSSR count). The summed E-state index contributed by atoms with van der Waals surface area (Å²) in [6, 6.07) is 5.48. The Bertz CT molecular complexity index is 850. The van der Waals surface area contributed by atoms with E-state index in [2.05, 4.69) is 4.98 Å². The first-order valence-corrected chi connectivity index (χ1v) is 8.61. The normalized spacial score (nSPS) is 24.8. The maximum Gasteiger partial charge on any atom is 0.266 e. The number of hydrogen-bond donors (Lipinski definition) is 1. The van der Waals surface area contributed by atoms with E-state index in [9.17, 15) is 14.0 Å². The average Bonchev–Trinajstić information content (AvgIpc) is 3.01. The summed E-state index contributed by atoms with van der Waals surface area (Å²) in [7, 11) is 0. The zero-order valence-electron chi connectivity index (χ0n) is 13.0. The topological polar surface area (TPSA) is 76.3 Å². The van der Waals surface area contributed by atoms with Crippen LogP contribution in [0.2, 0.25) is 0 Å². The summed E-state index contributed by atoms with van der Waals surface area (Å²) in [6.45, 7) is 2.36. The highest BCUT2D eigenvalue weighted by atomic mass is 32.1. The third-order valence-corrected chi connectivity index (χ3v) is 5.69. The number of aryl methyl sites for hydroxylation is 1. The SMILES string of the molecule is Cc1nc(-c2cccc(F)c2)c(C(=O)N2C[C@@H]3C[C@@H]3[C@H]2C(N)=O)s1. The molecule has 0 bridgehead atoms. The van der Waals surface area contributed by atoms with Crippen molar-refractivity contribution in [3.8, 4) is 11.3 Å². The van der Waals surface area contributed by atoms with Crippen molar-refractivity contribution in [1.82, 2.24) is 9.88 Å². The van der Waals surface area contributed by atoms with Crippen LogP contribution in [0.5, 0.6) is 0 Å². The van der Waals surface area contributed by atoms with Gasteiger partial charge in [-0.3, -0.25) is 9.59 Å². The number of likely N-dealkylation sites (tertiary alicyclic amines) is 1. The van der Waals surface area contributed by atoms with Crippen molar-refractivity contribution in [2.45, 2.75) is 19.4 Å². The summed E-state index contributed by atoms with van der Waals surface area (Å²) >= 11 is 1.26. The van der Waals surface area contributed by atoms with Gasteiger partial charge >= 0.3 is 0 Å². The second-order valence-electron chi connectivity index (χ2n) is 6.39. The van der Waals surface area contributed by atoms with Crippen LogP contribution in [0.15, 0.2) is 24.3 Å². The van der Waals surface area contributed by atoms with E-state index in [1.807, 2.05) is 0 Å². The van der Waals surface area contributed by atoms with Gasteiger partial charge in [0.2, 0.25) is 5.91 Å². The second-order valence-corrected chi connectivity index (χ2v) is 7.59. The summed E-state index contributed by atoms with van der Waals surface area (Å²) in [6.07, 6.45) is 0.954. The standard InChI is InChI=1S/C17H16FN3O2S/c1-8-20-13(9-3-2-4-11(18)5-9)15(24-8)17(23)21-7-10-6-12(10)14(21)16(19)22/h2-5,10,12,14H,6-7H2,1H3,(H2,19,22)/t10-,12-,14-/m0/s1. The lowest BCUT2D eigenvalue weighted by Crippen LogP contribution is -2.46.